The van der Waals surface area contributed by atoms with E-state index in [0.29, 0.717) is 12.0 Å². The molecule has 0 aliphatic rings. The van der Waals surface area contributed by atoms with E-state index in [9.17, 15) is 9.90 Å². The number of Topliss-reactive ketones (excluding diaryl/α,β-unsaturated/α-hetero) is 1. The summed E-state index contributed by atoms with van der Waals surface area (Å²) in [6, 6.07) is 13.6. The van der Waals surface area contributed by atoms with Crippen LogP contribution >= 0.6 is 0 Å². The van der Waals surface area contributed by atoms with E-state index in [2.05, 4.69) is 31.2 Å². The third kappa shape index (κ3) is 3.08. The number of carbonyl (C=O) groups excluding carboxylic acids is 1. The molecule has 2 nitrogen and oxygen atoms in total. The molecule has 2 rings (SSSR count). The summed E-state index contributed by atoms with van der Waals surface area (Å²) in [6.07, 6.45) is 2.61. The molecule has 0 radical (unpaired) electrons. The van der Waals surface area contributed by atoms with Crippen LogP contribution in [0.5, 0.6) is 5.75 Å². The monoisotopic (exact) mass is 268 g/mol. The molecule has 104 valence electrons. The molecule has 0 heterocycles. The predicted octanol–water partition coefficient (Wildman–Crippen LogP) is 4.60. The molecule has 20 heavy (non-hydrogen) atoms. The van der Waals surface area contributed by atoms with Gasteiger partial charge in [-0.2, -0.15) is 0 Å². The van der Waals surface area contributed by atoms with Crippen LogP contribution in [0.25, 0.3) is 11.1 Å². The molecule has 0 atom stereocenters. The van der Waals surface area contributed by atoms with Crippen molar-refractivity contribution < 1.29 is 9.90 Å². The zero-order valence-electron chi connectivity index (χ0n) is 12.0. The van der Waals surface area contributed by atoms with Gasteiger partial charge in [0.2, 0.25) is 0 Å². The highest BCUT2D eigenvalue weighted by Crippen LogP contribution is 2.27. The van der Waals surface area contributed by atoms with Crippen molar-refractivity contribution in [3.63, 3.8) is 0 Å². The highest BCUT2D eigenvalue weighted by atomic mass is 16.3. The molecule has 0 aliphatic carbocycles. The van der Waals surface area contributed by atoms with Crippen LogP contribution in [-0.2, 0) is 6.42 Å². The predicted molar refractivity (Wildman–Crippen MR) is 82.2 cm³/mol. The summed E-state index contributed by atoms with van der Waals surface area (Å²) < 4.78 is 0. The zero-order chi connectivity index (χ0) is 14.5. The third-order valence-electron chi connectivity index (χ3n) is 3.45. The van der Waals surface area contributed by atoms with E-state index in [-0.39, 0.29) is 11.5 Å². The summed E-state index contributed by atoms with van der Waals surface area (Å²) in [5.74, 6) is 0.0272. The molecule has 0 aromatic heterocycles. The van der Waals surface area contributed by atoms with Crippen molar-refractivity contribution in [2.45, 2.75) is 33.1 Å². The number of phenols is 1. The average Bonchev–Trinajstić information content (AvgIpc) is 2.47. The van der Waals surface area contributed by atoms with Crippen molar-refractivity contribution in [3.8, 4) is 16.9 Å². The van der Waals surface area contributed by atoms with Crippen LogP contribution in [0.3, 0.4) is 0 Å². The second-order valence-electron chi connectivity index (χ2n) is 4.96. The van der Waals surface area contributed by atoms with Gasteiger partial charge in [-0.1, -0.05) is 50.6 Å². The largest absolute Gasteiger partial charge is 0.507 e. The van der Waals surface area contributed by atoms with E-state index in [1.165, 1.54) is 5.56 Å². The van der Waals surface area contributed by atoms with Crippen LogP contribution in [-0.4, -0.2) is 10.9 Å². The minimum absolute atomic E-state index is 0.0349. The fraction of sp³-hybridized carbons (Fsp3) is 0.278. The van der Waals surface area contributed by atoms with Gasteiger partial charge in [-0.05, 0) is 35.2 Å². The zero-order valence-corrected chi connectivity index (χ0v) is 12.0. The van der Waals surface area contributed by atoms with Crippen LogP contribution in [0.4, 0.5) is 0 Å². The number of hydrogen-bond acceptors (Lipinski definition) is 2. The van der Waals surface area contributed by atoms with E-state index in [1.807, 2.05) is 6.07 Å². The first-order valence-corrected chi connectivity index (χ1v) is 7.11. The topological polar surface area (TPSA) is 37.3 Å². The normalized spacial score (nSPS) is 10.5. The fourth-order valence-electron chi connectivity index (χ4n) is 2.29. The first kappa shape index (κ1) is 14.3. The van der Waals surface area contributed by atoms with Gasteiger partial charge in [0.15, 0.2) is 5.78 Å². The van der Waals surface area contributed by atoms with Crippen LogP contribution < -0.4 is 0 Å². The van der Waals surface area contributed by atoms with Gasteiger partial charge in [-0.3, -0.25) is 4.79 Å². The molecule has 0 aliphatic heterocycles. The molecule has 0 spiro atoms. The average molecular weight is 268 g/mol. The molecule has 2 heteroatoms. The second kappa shape index (κ2) is 6.38. The van der Waals surface area contributed by atoms with E-state index in [0.717, 1.165) is 24.0 Å². The van der Waals surface area contributed by atoms with Crippen molar-refractivity contribution in [2.75, 3.05) is 0 Å². The maximum Gasteiger partial charge on any atom is 0.166 e. The summed E-state index contributed by atoms with van der Waals surface area (Å²) >= 11 is 0. The quantitative estimate of drug-likeness (QED) is 0.804. The SMILES string of the molecule is CCCc1ccc(-c2ccc(C(=O)CC)c(O)c2)cc1. The van der Waals surface area contributed by atoms with Gasteiger partial charge in [0.1, 0.15) is 5.75 Å². The number of phenolic OH excluding ortho intramolecular Hbond substituents is 1. The molecule has 0 fully saturated rings. The molecular weight excluding hydrogens is 248 g/mol. The van der Waals surface area contributed by atoms with Crippen LogP contribution in [0, 0.1) is 0 Å². The number of rotatable bonds is 5. The lowest BCUT2D eigenvalue weighted by atomic mass is 9.99. The third-order valence-corrected chi connectivity index (χ3v) is 3.45. The maximum absolute atomic E-state index is 11.6. The Morgan fingerprint density at radius 3 is 2.20 bits per heavy atom. The van der Waals surface area contributed by atoms with Gasteiger partial charge in [0.05, 0.1) is 5.56 Å². The molecule has 0 unspecified atom stereocenters. The summed E-state index contributed by atoms with van der Waals surface area (Å²) in [6.45, 7) is 3.96. The highest BCUT2D eigenvalue weighted by molar-refractivity contribution is 5.98. The van der Waals surface area contributed by atoms with Crippen LogP contribution in [0.1, 0.15) is 42.6 Å². The Morgan fingerprint density at radius 2 is 1.65 bits per heavy atom. The Morgan fingerprint density at radius 1 is 1.00 bits per heavy atom. The van der Waals surface area contributed by atoms with Crippen LogP contribution in [0.2, 0.25) is 0 Å². The Hall–Kier alpha value is -2.09. The molecule has 2 aromatic carbocycles. The fourth-order valence-corrected chi connectivity index (χ4v) is 2.29. The van der Waals surface area contributed by atoms with E-state index in [1.54, 1.807) is 19.1 Å². The Balaban J connectivity index is 2.29. The Kier molecular flexibility index (Phi) is 4.57. The van der Waals surface area contributed by atoms with Gasteiger partial charge in [0, 0.05) is 6.42 Å². The minimum atomic E-state index is -0.0349. The molecule has 0 bridgehead atoms. The number of aromatic hydroxyl groups is 1. The molecule has 0 saturated heterocycles. The number of carbonyl (C=O) groups is 1. The maximum atomic E-state index is 11.6. The number of hydrogen-bond donors (Lipinski definition) is 1. The first-order valence-electron chi connectivity index (χ1n) is 7.11. The van der Waals surface area contributed by atoms with Crippen molar-refractivity contribution >= 4 is 5.78 Å². The van der Waals surface area contributed by atoms with E-state index in [4.69, 9.17) is 0 Å². The van der Waals surface area contributed by atoms with Gasteiger partial charge in [-0.15, -0.1) is 0 Å². The number of benzene rings is 2. The summed E-state index contributed by atoms with van der Waals surface area (Å²) in [4.78, 5) is 11.6. The van der Waals surface area contributed by atoms with E-state index < -0.39 is 0 Å². The molecule has 2 aromatic rings. The van der Waals surface area contributed by atoms with Gasteiger partial charge in [0.25, 0.3) is 0 Å². The highest BCUT2D eigenvalue weighted by Gasteiger charge is 2.10. The molecular formula is C18H20O2. The van der Waals surface area contributed by atoms with Gasteiger partial charge < -0.3 is 5.11 Å². The van der Waals surface area contributed by atoms with E-state index >= 15 is 0 Å². The Labute approximate surface area is 120 Å². The Bertz CT molecular complexity index is 597. The summed E-state index contributed by atoms with van der Waals surface area (Å²) in [5.41, 5.74) is 3.70. The molecule has 1 N–H and O–H groups in total. The van der Waals surface area contributed by atoms with Gasteiger partial charge >= 0.3 is 0 Å². The molecule has 0 amide bonds. The number of aryl methyl sites for hydroxylation is 1. The van der Waals surface area contributed by atoms with Crippen molar-refractivity contribution in [3.05, 3.63) is 53.6 Å². The molecule has 0 saturated carbocycles. The first-order chi connectivity index (χ1) is 9.65. The van der Waals surface area contributed by atoms with Gasteiger partial charge in [-0.25, -0.2) is 0 Å². The van der Waals surface area contributed by atoms with Crippen molar-refractivity contribution in [1.29, 1.82) is 0 Å². The standard InChI is InChI=1S/C18H20O2/c1-3-5-13-6-8-14(9-7-13)15-10-11-16(17(19)4-2)18(20)12-15/h6-12,20H,3-5H2,1-2H3. The smallest absolute Gasteiger partial charge is 0.166 e. The second-order valence-corrected chi connectivity index (χ2v) is 4.96. The summed E-state index contributed by atoms with van der Waals surface area (Å²) in [5, 5.41) is 9.97. The lowest BCUT2D eigenvalue weighted by Gasteiger charge is -2.07. The van der Waals surface area contributed by atoms with Crippen molar-refractivity contribution in [2.24, 2.45) is 0 Å². The van der Waals surface area contributed by atoms with Crippen molar-refractivity contribution in [1.82, 2.24) is 0 Å². The summed E-state index contributed by atoms with van der Waals surface area (Å²) in [7, 11) is 0. The lowest BCUT2D eigenvalue weighted by Crippen LogP contribution is -1.96. The number of ketones is 1. The van der Waals surface area contributed by atoms with Crippen LogP contribution in [0.15, 0.2) is 42.5 Å². The minimum Gasteiger partial charge on any atom is -0.507 e. The lowest BCUT2D eigenvalue weighted by molar-refractivity contribution is 0.0985.